The number of hydrazine groups is 1. The van der Waals surface area contributed by atoms with Gasteiger partial charge in [0, 0.05) is 12.6 Å². The molecule has 11 heavy (non-hydrogen) atoms. The van der Waals surface area contributed by atoms with Crippen LogP contribution in [0.1, 0.15) is 26.7 Å². The Balaban J connectivity index is 2.27. The van der Waals surface area contributed by atoms with E-state index in [1.165, 1.54) is 12.8 Å². The summed E-state index contributed by atoms with van der Waals surface area (Å²) in [6.45, 7) is 4.86. The second-order valence-corrected chi connectivity index (χ2v) is 3.19. The number of nitrogens with two attached hydrogens (primary N) is 1. The minimum Gasteiger partial charge on any atom is -0.377 e. The van der Waals surface area contributed by atoms with Gasteiger partial charge in [-0.05, 0) is 32.6 Å². The van der Waals surface area contributed by atoms with Crippen molar-refractivity contribution < 1.29 is 4.74 Å². The summed E-state index contributed by atoms with van der Waals surface area (Å²) in [5.74, 6) is 6.17. The lowest BCUT2D eigenvalue weighted by Crippen LogP contribution is -2.45. The summed E-state index contributed by atoms with van der Waals surface area (Å²) in [4.78, 5) is 0. The van der Waals surface area contributed by atoms with E-state index in [4.69, 9.17) is 10.6 Å². The Morgan fingerprint density at radius 1 is 1.64 bits per heavy atom. The van der Waals surface area contributed by atoms with Crippen LogP contribution in [0.25, 0.3) is 0 Å². The maximum Gasteiger partial charge on any atom is 0.0715 e. The Labute approximate surface area is 68.3 Å². The molecule has 0 spiro atoms. The van der Waals surface area contributed by atoms with Crippen LogP contribution in [0, 0.1) is 5.92 Å². The van der Waals surface area contributed by atoms with E-state index in [0.29, 0.717) is 6.04 Å². The van der Waals surface area contributed by atoms with Gasteiger partial charge in [0.2, 0.25) is 0 Å². The molecule has 3 nitrogen and oxygen atoms in total. The lowest BCUT2D eigenvalue weighted by atomic mass is 10.1. The van der Waals surface area contributed by atoms with E-state index in [9.17, 15) is 0 Å². The van der Waals surface area contributed by atoms with Crippen LogP contribution in [0.15, 0.2) is 0 Å². The second-order valence-electron chi connectivity index (χ2n) is 3.19. The fourth-order valence-corrected chi connectivity index (χ4v) is 1.48. The molecule has 0 bridgehead atoms. The maximum atomic E-state index is 5.45. The van der Waals surface area contributed by atoms with Crippen molar-refractivity contribution in [2.45, 2.75) is 38.8 Å². The molecule has 66 valence electrons. The largest absolute Gasteiger partial charge is 0.377 e. The number of hydrogen-bond acceptors (Lipinski definition) is 3. The second kappa shape index (κ2) is 4.04. The van der Waals surface area contributed by atoms with Crippen LogP contribution < -0.4 is 11.3 Å². The zero-order chi connectivity index (χ0) is 8.27. The molecular weight excluding hydrogens is 140 g/mol. The number of ether oxygens (including phenoxy) is 1. The summed E-state index contributed by atoms with van der Waals surface area (Å²) in [5, 5.41) is 0. The van der Waals surface area contributed by atoms with Crippen molar-refractivity contribution in [1.82, 2.24) is 5.43 Å². The van der Waals surface area contributed by atoms with E-state index in [1.54, 1.807) is 0 Å². The smallest absolute Gasteiger partial charge is 0.0715 e. The zero-order valence-corrected chi connectivity index (χ0v) is 7.34. The molecule has 1 aliphatic rings. The van der Waals surface area contributed by atoms with Crippen molar-refractivity contribution >= 4 is 0 Å². The minimum atomic E-state index is 0.248. The topological polar surface area (TPSA) is 47.3 Å². The first-order valence-corrected chi connectivity index (χ1v) is 4.37. The highest BCUT2D eigenvalue weighted by Gasteiger charge is 2.34. The molecular formula is C8H18N2O. The monoisotopic (exact) mass is 158 g/mol. The molecule has 0 aromatic rings. The average molecular weight is 158 g/mol. The first-order valence-electron chi connectivity index (χ1n) is 4.37. The van der Waals surface area contributed by atoms with Gasteiger partial charge in [-0.25, -0.2) is 0 Å². The van der Waals surface area contributed by atoms with E-state index in [2.05, 4.69) is 12.3 Å². The Bertz CT molecular complexity index is 115. The SMILES string of the molecule is CCOC(C)C(NN)C1CC1. The van der Waals surface area contributed by atoms with Gasteiger partial charge in [0.1, 0.15) is 0 Å². The molecule has 0 saturated heterocycles. The van der Waals surface area contributed by atoms with Gasteiger partial charge in [0.25, 0.3) is 0 Å². The van der Waals surface area contributed by atoms with Crippen molar-refractivity contribution in [1.29, 1.82) is 0 Å². The van der Waals surface area contributed by atoms with Crippen LogP contribution in [-0.4, -0.2) is 18.8 Å². The van der Waals surface area contributed by atoms with Gasteiger partial charge in [-0.1, -0.05) is 0 Å². The molecule has 0 radical (unpaired) electrons. The molecule has 1 saturated carbocycles. The summed E-state index contributed by atoms with van der Waals surface area (Å²) < 4.78 is 5.45. The summed E-state index contributed by atoms with van der Waals surface area (Å²) in [6, 6.07) is 0.356. The summed E-state index contributed by atoms with van der Waals surface area (Å²) in [6.07, 6.45) is 2.84. The summed E-state index contributed by atoms with van der Waals surface area (Å²) >= 11 is 0. The van der Waals surface area contributed by atoms with Crippen molar-refractivity contribution in [3.63, 3.8) is 0 Å². The highest BCUT2D eigenvalue weighted by Crippen LogP contribution is 2.34. The van der Waals surface area contributed by atoms with Gasteiger partial charge < -0.3 is 4.74 Å². The molecule has 0 amide bonds. The van der Waals surface area contributed by atoms with E-state index in [0.717, 1.165) is 12.5 Å². The van der Waals surface area contributed by atoms with Crippen molar-refractivity contribution in [2.75, 3.05) is 6.61 Å². The Morgan fingerprint density at radius 2 is 2.27 bits per heavy atom. The minimum absolute atomic E-state index is 0.248. The van der Waals surface area contributed by atoms with Gasteiger partial charge in [-0.2, -0.15) is 0 Å². The van der Waals surface area contributed by atoms with Gasteiger partial charge >= 0.3 is 0 Å². The molecule has 0 aromatic heterocycles. The third-order valence-corrected chi connectivity index (χ3v) is 2.26. The molecule has 1 rings (SSSR count). The third kappa shape index (κ3) is 2.43. The summed E-state index contributed by atoms with van der Waals surface area (Å²) in [7, 11) is 0. The Kier molecular flexibility index (Phi) is 3.30. The fourth-order valence-electron chi connectivity index (χ4n) is 1.48. The average Bonchev–Trinajstić information content (AvgIpc) is 2.73. The number of rotatable bonds is 5. The molecule has 0 aromatic carbocycles. The number of nitrogens with one attached hydrogen (secondary N) is 1. The summed E-state index contributed by atoms with van der Waals surface area (Å²) in [5.41, 5.74) is 2.82. The van der Waals surface area contributed by atoms with E-state index >= 15 is 0 Å². The lowest BCUT2D eigenvalue weighted by molar-refractivity contribution is 0.0415. The molecule has 2 unspecified atom stereocenters. The molecule has 3 N–H and O–H groups in total. The van der Waals surface area contributed by atoms with E-state index in [1.807, 2.05) is 6.92 Å². The molecule has 2 atom stereocenters. The van der Waals surface area contributed by atoms with Crippen LogP contribution in [0.2, 0.25) is 0 Å². The van der Waals surface area contributed by atoms with Crippen LogP contribution >= 0.6 is 0 Å². The van der Waals surface area contributed by atoms with Crippen LogP contribution in [0.5, 0.6) is 0 Å². The molecule has 0 aliphatic heterocycles. The van der Waals surface area contributed by atoms with Gasteiger partial charge in [-0.15, -0.1) is 0 Å². The molecule has 0 heterocycles. The Morgan fingerprint density at radius 3 is 2.64 bits per heavy atom. The van der Waals surface area contributed by atoms with Crippen molar-refractivity contribution in [3.8, 4) is 0 Å². The van der Waals surface area contributed by atoms with Crippen LogP contribution in [0.3, 0.4) is 0 Å². The highest BCUT2D eigenvalue weighted by molar-refractivity contribution is 4.88. The lowest BCUT2D eigenvalue weighted by Gasteiger charge is -2.22. The molecule has 1 aliphatic carbocycles. The fraction of sp³-hybridized carbons (Fsp3) is 1.00. The first-order chi connectivity index (χ1) is 5.29. The normalized spacial score (nSPS) is 23.2. The van der Waals surface area contributed by atoms with E-state index < -0.39 is 0 Å². The van der Waals surface area contributed by atoms with Crippen LogP contribution in [-0.2, 0) is 4.74 Å². The standard InChI is InChI=1S/C8H18N2O/c1-3-11-6(2)8(10-9)7-4-5-7/h6-8,10H,3-5,9H2,1-2H3. The van der Waals surface area contributed by atoms with Gasteiger partial charge in [0.15, 0.2) is 0 Å². The van der Waals surface area contributed by atoms with Gasteiger partial charge in [-0.3, -0.25) is 11.3 Å². The van der Waals surface area contributed by atoms with Gasteiger partial charge in [0.05, 0.1) is 6.10 Å². The highest BCUT2D eigenvalue weighted by atomic mass is 16.5. The quantitative estimate of drug-likeness (QED) is 0.456. The molecule has 1 fully saturated rings. The number of hydrogen-bond donors (Lipinski definition) is 2. The zero-order valence-electron chi connectivity index (χ0n) is 7.34. The predicted octanol–water partition coefficient (Wildman–Crippen LogP) is 0.653. The Hall–Kier alpha value is -0.120. The molecule has 3 heteroatoms. The van der Waals surface area contributed by atoms with Crippen LogP contribution in [0.4, 0.5) is 0 Å². The van der Waals surface area contributed by atoms with E-state index in [-0.39, 0.29) is 6.10 Å². The third-order valence-electron chi connectivity index (χ3n) is 2.26. The maximum absolute atomic E-state index is 5.45. The van der Waals surface area contributed by atoms with Crippen molar-refractivity contribution in [3.05, 3.63) is 0 Å². The predicted molar refractivity (Wildman–Crippen MR) is 44.9 cm³/mol. The first kappa shape index (κ1) is 8.97. The van der Waals surface area contributed by atoms with Crippen molar-refractivity contribution in [2.24, 2.45) is 11.8 Å².